The number of halogens is 2. The standard InChI is InChI=1S/C21H22F2OS/c1-2-3-4-5-15-25-17-11-9-16(10-12-17)21(24)14-13-18-19(22)7-6-8-20(18)23/h6-14H,2-5,15H2,1H3. The van der Waals surface area contributed by atoms with Gasteiger partial charge in [0.25, 0.3) is 0 Å². The van der Waals surface area contributed by atoms with Crippen LogP contribution in [0.5, 0.6) is 0 Å². The molecule has 0 aliphatic carbocycles. The monoisotopic (exact) mass is 360 g/mol. The van der Waals surface area contributed by atoms with E-state index < -0.39 is 11.6 Å². The number of thioether (sulfide) groups is 1. The van der Waals surface area contributed by atoms with Gasteiger partial charge in [0.2, 0.25) is 0 Å². The van der Waals surface area contributed by atoms with Crippen molar-refractivity contribution in [3.63, 3.8) is 0 Å². The van der Waals surface area contributed by atoms with Gasteiger partial charge in [0.15, 0.2) is 5.78 Å². The fourth-order valence-corrected chi connectivity index (χ4v) is 3.27. The number of carbonyl (C=O) groups is 1. The molecule has 0 N–H and O–H groups in total. The van der Waals surface area contributed by atoms with E-state index in [0.717, 1.165) is 10.6 Å². The lowest BCUT2D eigenvalue weighted by Gasteiger charge is -2.03. The first kappa shape index (κ1) is 19.4. The summed E-state index contributed by atoms with van der Waals surface area (Å²) in [6, 6.07) is 10.9. The molecule has 0 amide bonds. The number of carbonyl (C=O) groups excluding carboxylic acids is 1. The number of rotatable bonds is 9. The normalized spacial score (nSPS) is 11.2. The lowest BCUT2D eigenvalue weighted by atomic mass is 10.1. The molecule has 0 saturated carbocycles. The molecule has 25 heavy (non-hydrogen) atoms. The fraction of sp³-hybridized carbons (Fsp3) is 0.286. The van der Waals surface area contributed by atoms with Crippen LogP contribution in [0.25, 0.3) is 6.08 Å². The molecule has 0 atom stereocenters. The smallest absolute Gasteiger partial charge is 0.185 e. The molecule has 0 aromatic heterocycles. The van der Waals surface area contributed by atoms with Gasteiger partial charge in [-0.1, -0.05) is 32.3 Å². The van der Waals surface area contributed by atoms with Gasteiger partial charge in [-0.3, -0.25) is 4.79 Å². The molecular weight excluding hydrogens is 338 g/mol. The maximum Gasteiger partial charge on any atom is 0.185 e. The van der Waals surface area contributed by atoms with Crippen LogP contribution in [-0.2, 0) is 0 Å². The average Bonchev–Trinajstić information content (AvgIpc) is 2.61. The van der Waals surface area contributed by atoms with Crippen LogP contribution in [0.2, 0.25) is 0 Å². The van der Waals surface area contributed by atoms with E-state index in [2.05, 4.69) is 6.92 Å². The van der Waals surface area contributed by atoms with Crippen molar-refractivity contribution in [1.29, 1.82) is 0 Å². The summed E-state index contributed by atoms with van der Waals surface area (Å²) in [6.07, 6.45) is 7.32. The molecule has 0 aliphatic heterocycles. The van der Waals surface area contributed by atoms with E-state index in [0.29, 0.717) is 5.56 Å². The van der Waals surface area contributed by atoms with Crippen molar-refractivity contribution in [3.8, 4) is 0 Å². The van der Waals surface area contributed by atoms with Crippen molar-refractivity contribution in [1.82, 2.24) is 0 Å². The number of hydrogen-bond acceptors (Lipinski definition) is 2. The van der Waals surface area contributed by atoms with E-state index >= 15 is 0 Å². The van der Waals surface area contributed by atoms with Crippen molar-refractivity contribution >= 4 is 23.6 Å². The molecule has 4 heteroatoms. The molecule has 1 nitrogen and oxygen atoms in total. The van der Waals surface area contributed by atoms with E-state index in [1.54, 1.807) is 23.9 Å². The lowest BCUT2D eigenvalue weighted by Crippen LogP contribution is -1.95. The molecule has 0 aliphatic rings. The molecule has 2 aromatic rings. The summed E-state index contributed by atoms with van der Waals surface area (Å²) < 4.78 is 27.1. The molecule has 132 valence electrons. The lowest BCUT2D eigenvalue weighted by molar-refractivity contribution is 0.104. The predicted molar refractivity (Wildman–Crippen MR) is 101 cm³/mol. The van der Waals surface area contributed by atoms with E-state index in [9.17, 15) is 13.6 Å². The third-order valence-corrected chi connectivity index (χ3v) is 4.90. The highest BCUT2D eigenvalue weighted by Gasteiger charge is 2.07. The summed E-state index contributed by atoms with van der Waals surface area (Å²) in [7, 11) is 0. The van der Waals surface area contributed by atoms with Gasteiger partial charge in [0.1, 0.15) is 11.6 Å². The van der Waals surface area contributed by atoms with E-state index in [1.807, 2.05) is 12.1 Å². The fourth-order valence-electron chi connectivity index (χ4n) is 2.36. The van der Waals surface area contributed by atoms with Gasteiger partial charge in [-0.05, 0) is 60.7 Å². The summed E-state index contributed by atoms with van der Waals surface area (Å²) in [6.45, 7) is 2.19. The van der Waals surface area contributed by atoms with Crippen LogP contribution in [0.3, 0.4) is 0 Å². The number of allylic oxidation sites excluding steroid dienone is 1. The molecule has 0 bridgehead atoms. The van der Waals surface area contributed by atoms with Gasteiger partial charge in [0, 0.05) is 16.0 Å². The van der Waals surface area contributed by atoms with Crippen molar-refractivity contribution in [2.24, 2.45) is 0 Å². The highest BCUT2D eigenvalue weighted by atomic mass is 32.2. The van der Waals surface area contributed by atoms with Gasteiger partial charge < -0.3 is 0 Å². The Morgan fingerprint density at radius 3 is 2.32 bits per heavy atom. The third kappa shape index (κ3) is 6.13. The van der Waals surface area contributed by atoms with Crippen molar-refractivity contribution in [3.05, 3.63) is 71.3 Å². The molecule has 0 fully saturated rings. The molecule has 2 rings (SSSR count). The highest BCUT2D eigenvalue weighted by molar-refractivity contribution is 7.99. The minimum absolute atomic E-state index is 0.199. The molecule has 0 unspecified atom stereocenters. The second-order valence-corrected chi connectivity index (χ2v) is 6.93. The Labute approximate surface area is 152 Å². The molecule has 0 heterocycles. The zero-order chi connectivity index (χ0) is 18.1. The maximum atomic E-state index is 13.5. The van der Waals surface area contributed by atoms with Crippen LogP contribution in [0.15, 0.2) is 53.4 Å². The van der Waals surface area contributed by atoms with Crippen LogP contribution in [0.4, 0.5) is 8.78 Å². The first-order chi connectivity index (χ1) is 12.1. The predicted octanol–water partition coefficient (Wildman–Crippen LogP) is 6.53. The Morgan fingerprint density at radius 1 is 1.00 bits per heavy atom. The second-order valence-electron chi connectivity index (χ2n) is 5.77. The Morgan fingerprint density at radius 2 is 1.68 bits per heavy atom. The SMILES string of the molecule is CCCCCCSc1ccc(C(=O)C=Cc2c(F)cccc2F)cc1. The average molecular weight is 360 g/mol. The zero-order valence-corrected chi connectivity index (χ0v) is 15.1. The summed E-state index contributed by atoms with van der Waals surface area (Å²) in [5.74, 6) is -0.570. The van der Waals surface area contributed by atoms with Crippen LogP contribution < -0.4 is 0 Å². The molecule has 0 spiro atoms. The van der Waals surface area contributed by atoms with Gasteiger partial charge in [-0.25, -0.2) is 8.78 Å². The van der Waals surface area contributed by atoms with Gasteiger partial charge in [-0.2, -0.15) is 0 Å². The Kier molecular flexibility index (Phi) is 7.86. The molecule has 0 saturated heterocycles. The number of hydrogen-bond donors (Lipinski definition) is 0. The van der Waals surface area contributed by atoms with Crippen LogP contribution >= 0.6 is 11.8 Å². The number of unbranched alkanes of at least 4 members (excludes halogenated alkanes) is 3. The Hall–Kier alpha value is -1.94. The summed E-state index contributed by atoms with van der Waals surface area (Å²) in [4.78, 5) is 13.3. The third-order valence-electron chi connectivity index (χ3n) is 3.81. The van der Waals surface area contributed by atoms with E-state index in [1.165, 1.54) is 56.0 Å². The van der Waals surface area contributed by atoms with Gasteiger partial charge in [-0.15, -0.1) is 11.8 Å². The van der Waals surface area contributed by atoms with Gasteiger partial charge >= 0.3 is 0 Å². The zero-order valence-electron chi connectivity index (χ0n) is 14.3. The van der Waals surface area contributed by atoms with Crippen LogP contribution in [0.1, 0.15) is 48.5 Å². The van der Waals surface area contributed by atoms with Crippen LogP contribution in [-0.4, -0.2) is 11.5 Å². The minimum Gasteiger partial charge on any atom is -0.289 e. The minimum atomic E-state index is -0.682. The van der Waals surface area contributed by atoms with E-state index in [-0.39, 0.29) is 11.3 Å². The highest BCUT2D eigenvalue weighted by Crippen LogP contribution is 2.21. The number of benzene rings is 2. The van der Waals surface area contributed by atoms with Crippen molar-refractivity contribution in [2.75, 3.05) is 5.75 Å². The topological polar surface area (TPSA) is 17.1 Å². The van der Waals surface area contributed by atoms with Gasteiger partial charge in [0.05, 0.1) is 0 Å². The van der Waals surface area contributed by atoms with E-state index in [4.69, 9.17) is 0 Å². The maximum absolute atomic E-state index is 13.5. The molecule has 0 radical (unpaired) electrons. The summed E-state index contributed by atoms with van der Waals surface area (Å²) >= 11 is 1.78. The Balaban J connectivity index is 1.93. The summed E-state index contributed by atoms with van der Waals surface area (Å²) in [5, 5.41) is 0. The van der Waals surface area contributed by atoms with Crippen LogP contribution in [0, 0.1) is 11.6 Å². The second kappa shape index (κ2) is 10.1. The largest absolute Gasteiger partial charge is 0.289 e. The quantitative estimate of drug-likeness (QED) is 0.219. The van der Waals surface area contributed by atoms with Crippen molar-refractivity contribution in [2.45, 2.75) is 37.5 Å². The summed E-state index contributed by atoms with van der Waals surface area (Å²) in [5.41, 5.74) is 0.304. The number of ketones is 1. The first-order valence-electron chi connectivity index (χ1n) is 8.51. The van der Waals surface area contributed by atoms with Crippen molar-refractivity contribution < 1.29 is 13.6 Å². The first-order valence-corrected chi connectivity index (χ1v) is 9.49. The molecule has 2 aromatic carbocycles. The molecular formula is C21H22F2OS. The Bertz CT molecular complexity index is 703.